The van der Waals surface area contributed by atoms with Gasteiger partial charge in [0.2, 0.25) is 5.91 Å². The van der Waals surface area contributed by atoms with Crippen LogP contribution >= 0.6 is 0 Å². The summed E-state index contributed by atoms with van der Waals surface area (Å²) in [5.41, 5.74) is -0.131. The van der Waals surface area contributed by atoms with Gasteiger partial charge in [-0.15, -0.1) is 0 Å². The van der Waals surface area contributed by atoms with Crippen molar-refractivity contribution in [1.82, 2.24) is 0 Å². The molecule has 0 fully saturated rings. The minimum Gasteiger partial charge on any atom is -0.443 e. The number of halogens is 1. The fourth-order valence-corrected chi connectivity index (χ4v) is 4.19. The van der Waals surface area contributed by atoms with Crippen LogP contribution in [0, 0.1) is 5.82 Å². The van der Waals surface area contributed by atoms with Crippen molar-refractivity contribution in [3.8, 4) is 0 Å². The van der Waals surface area contributed by atoms with Gasteiger partial charge >= 0.3 is 6.09 Å². The van der Waals surface area contributed by atoms with Crippen LogP contribution in [0.25, 0.3) is 0 Å². The van der Waals surface area contributed by atoms with Crippen LogP contribution in [0.1, 0.15) is 47.1 Å². The summed E-state index contributed by atoms with van der Waals surface area (Å²) >= 11 is 0. The number of amides is 2. The average Bonchev–Trinajstić information content (AvgIpc) is 2.62. The summed E-state index contributed by atoms with van der Waals surface area (Å²) in [6, 6.07) is 2.65. The third-order valence-electron chi connectivity index (χ3n) is 5.84. The molecule has 9 heteroatoms. The van der Waals surface area contributed by atoms with Crippen LogP contribution in [-0.2, 0) is 25.2 Å². The van der Waals surface area contributed by atoms with Gasteiger partial charge in [0.1, 0.15) is 24.2 Å². The summed E-state index contributed by atoms with van der Waals surface area (Å²) in [6.45, 7) is 16.0. The topological polar surface area (TPSA) is 76.2 Å². The zero-order chi connectivity index (χ0) is 24.5. The lowest BCUT2D eigenvalue weighted by Crippen LogP contribution is -2.51. The third kappa shape index (κ3) is 5.75. The number of anilines is 2. The van der Waals surface area contributed by atoms with E-state index in [1.165, 1.54) is 21.9 Å². The van der Waals surface area contributed by atoms with Crippen LogP contribution in [0.2, 0.25) is 18.1 Å². The van der Waals surface area contributed by atoms with Gasteiger partial charge in [-0.05, 0) is 51.0 Å². The molecule has 0 aliphatic carbocycles. The molecule has 0 N–H and O–H groups in total. The number of hydrogen-bond donors (Lipinski definition) is 0. The average molecular weight is 467 g/mol. The quantitative estimate of drug-likeness (QED) is 0.450. The monoisotopic (exact) mass is 466 g/mol. The van der Waals surface area contributed by atoms with Crippen LogP contribution in [-0.4, -0.2) is 51.9 Å². The molecular weight excluding hydrogens is 431 g/mol. The molecule has 0 atom stereocenters. The number of nitrogens with zero attached hydrogens (tertiary/aromatic N) is 2. The molecule has 32 heavy (non-hydrogen) atoms. The number of carbonyl (C=O) groups excluding carboxylic acids is 3. The van der Waals surface area contributed by atoms with E-state index in [4.69, 9.17) is 9.16 Å². The molecular formula is C23H35FN2O5Si. The van der Waals surface area contributed by atoms with E-state index < -0.39 is 25.8 Å². The highest BCUT2D eigenvalue weighted by Crippen LogP contribution is 2.40. The Morgan fingerprint density at radius 2 is 1.81 bits per heavy atom. The second-order valence-electron chi connectivity index (χ2n) is 10.5. The van der Waals surface area contributed by atoms with Gasteiger partial charge in [0.25, 0.3) is 0 Å². The fourth-order valence-electron chi connectivity index (χ4n) is 3.15. The molecule has 0 bridgehead atoms. The van der Waals surface area contributed by atoms with Gasteiger partial charge in [0.15, 0.2) is 8.32 Å². The fraction of sp³-hybridized carbons (Fsp3) is 0.609. The first-order chi connectivity index (χ1) is 14.6. The lowest BCUT2D eigenvalue weighted by molar-refractivity contribution is -0.117. The normalized spacial score (nSPS) is 15.0. The van der Waals surface area contributed by atoms with Crippen molar-refractivity contribution in [2.45, 2.75) is 71.7 Å². The van der Waals surface area contributed by atoms with Crippen molar-refractivity contribution in [2.24, 2.45) is 0 Å². The summed E-state index contributed by atoms with van der Waals surface area (Å²) in [6.07, 6.45) is -0.336. The third-order valence-corrected chi connectivity index (χ3v) is 10.4. The van der Waals surface area contributed by atoms with E-state index in [-0.39, 0.29) is 48.3 Å². The molecule has 2 amide bonds. The molecule has 0 radical (unpaired) electrons. The molecule has 1 heterocycles. The van der Waals surface area contributed by atoms with Crippen LogP contribution in [0.15, 0.2) is 12.1 Å². The van der Waals surface area contributed by atoms with Crippen LogP contribution in [0.3, 0.4) is 0 Å². The lowest BCUT2D eigenvalue weighted by atomic mass is 10.0. The smallest absolute Gasteiger partial charge is 0.415 e. The highest BCUT2D eigenvalue weighted by molar-refractivity contribution is 6.74. The van der Waals surface area contributed by atoms with E-state index in [9.17, 15) is 18.8 Å². The first-order valence-electron chi connectivity index (χ1n) is 10.8. The van der Waals surface area contributed by atoms with E-state index in [1.807, 2.05) is 0 Å². The molecule has 2 rings (SSSR count). The summed E-state index contributed by atoms with van der Waals surface area (Å²) in [4.78, 5) is 39.8. The molecule has 0 saturated heterocycles. The van der Waals surface area contributed by atoms with Gasteiger partial charge in [-0.25, -0.2) is 9.18 Å². The molecule has 1 aromatic rings. The Labute approximate surface area is 191 Å². The molecule has 0 spiro atoms. The van der Waals surface area contributed by atoms with Gasteiger partial charge in [-0.1, -0.05) is 20.8 Å². The highest BCUT2D eigenvalue weighted by Gasteiger charge is 2.39. The van der Waals surface area contributed by atoms with E-state index >= 15 is 0 Å². The Morgan fingerprint density at radius 3 is 2.34 bits per heavy atom. The number of carbonyl (C=O) groups is 3. The molecule has 0 saturated carbocycles. The van der Waals surface area contributed by atoms with Gasteiger partial charge < -0.3 is 18.9 Å². The van der Waals surface area contributed by atoms with Gasteiger partial charge in [-0.3, -0.25) is 9.69 Å². The summed E-state index contributed by atoms with van der Waals surface area (Å²) in [7, 11) is -2.05. The molecule has 1 aromatic carbocycles. The number of aldehydes is 1. The Hall–Kier alpha value is -2.26. The van der Waals surface area contributed by atoms with Crippen molar-refractivity contribution >= 4 is 38.0 Å². The summed E-state index contributed by atoms with van der Waals surface area (Å²) in [5.74, 6) is -0.995. The number of fused-ring (bicyclic) bond motifs is 1. The van der Waals surface area contributed by atoms with E-state index in [0.29, 0.717) is 12.0 Å². The lowest BCUT2D eigenvalue weighted by Gasteiger charge is -2.39. The minimum absolute atomic E-state index is 0.000879. The molecule has 1 aliphatic rings. The van der Waals surface area contributed by atoms with Gasteiger partial charge in [0, 0.05) is 18.5 Å². The largest absolute Gasteiger partial charge is 0.443 e. The maximum Gasteiger partial charge on any atom is 0.415 e. The maximum absolute atomic E-state index is 14.7. The van der Waals surface area contributed by atoms with Crippen molar-refractivity contribution in [2.75, 3.05) is 29.5 Å². The Bertz CT molecular complexity index is 890. The minimum atomic E-state index is -2.05. The Morgan fingerprint density at radius 1 is 1.19 bits per heavy atom. The van der Waals surface area contributed by atoms with Crippen molar-refractivity contribution in [1.29, 1.82) is 0 Å². The maximum atomic E-state index is 14.7. The number of ether oxygens (including phenoxy) is 1. The highest BCUT2D eigenvalue weighted by atomic mass is 28.4. The SMILES string of the molecule is CC(C)(C)OC(=O)N1CC(=O)N(CCO[Si](C)(C)C(C)(C)C)c2c1ccc(F)c2CC=O. The zero-order valence-electron chi connectivity index (χ0n) is 20.4. The Kier molecular flexibility index (Phi) is 7.56. The molecule has 7 nitrogen and oxygen atoms in total. The van der Waals surface area contributed by atoms with Crippen molar-refractivity contribution in [3.63, 3.8) is 0 Å². The van der Waals surface area contributed by atoms with E-state index in [1.54, 1.807) is 20.8 Å². The van der Waals surface area contributed by atoms with E-state index in [2.05, 4.69) is 33.9 Å². The molecule has 1 aliphatic heterocycles. The molecule has 0 unspecified atom stereocenters. The number of rotatable bonds is 6. The van der Waals surface area contributed by atoms with Crippen LogP contribution < -0.4 is 9.80 Å². The predicted octanol–water partition coefficient (Wildman–Crippen LogP) is 4.68. The second kappa shape index (κ2) is 9.31. The first-order valence-corrected chi connectivity index (χ1v) is 13.7. The molecule has 0 aromatic heterocycles. The molecule has 178 valence electrons. The number of hydrogen-bond acceptors (Lipinski definition) is 5. The van der Waals surface area contributed by atoms with Gasteiger partial charge in [0.05, 0.1) is 18.0 Å². The first kappa shape index (κ1) is 26.0. The van der Waals surface area contributed by atoms with Gasteiger partial charge in [-0.2, -0.15) is 0 Å². The van der Waals surface area contributed by atoms with Crippen molar-refractivity contribution in [3.05, 3.63) is 23.5 Å². The zero-order valence-corrected chi connectivity index (χ0v) is 21.4. The van der Waals surface area contributed by atoms with Crippen molar-refractivity contribution < 1.29 is 27.9 Å². The number of benzene rings is 1. The second-order valence-corrected chi connectivity index (χ2v) is 15.3. The standard InChI is InChI=1S/C23H35FN2O5Si/c1-22(2,3)31-21(29)26-15-19(28)25(12-14-30-32(7,8)23(4,5)6)20-16(11-13-27)17(24)9-10-18(20)26/h9-10,13H,11-12,14-15H2,1-8H3. The van der Waals surface area contributed by atoms with Crippen LogP contribution in [0.5, 0.6) is 0 Å². The Balaban J connectivity index is 2.44. The predicted molar refractivity (Wildman–Crippen MR) is 125 cm³/mol. The summed E-state index contributed by atoms with van der Waals surface area (Å²) in [5, 5.41) is -0.000879. The summed E-state index contributed by atoms with van der Waals surface area (Å²) < 4.78 is 26.3. The van der Waals surface area contributed by atoms with E-state index in [0.717, 1.165) is 0 Å². The van der Waals surface area contributed by atoms with Crippen LogP contribution in [0.4, 0.5) is 20.6 Å².